The molecule has 7 heteroatoms. The molecule has 0 aliphatic carbocycles. The third-order valence-corrected chi connectivity index (χ3v) is 3.79. The van der Waals surface area contributed by atoms with Crippen LogP contribution in [0.5, 0.6) is 11.5 Å². The van der Waals surface area contributed by atoms with Crippen LogP contribution >= 0.6 is 0 Å². The Hall–Kier alpha value is -2.54. The number of aliphatic hydroxyl groups excluding tert-OH is 1. The number of carbonyl (C=O) groups is 1. The van der Waals surface area contributed by atoms with Gasteiger partial charge in [-0.05, 0) is 12.1 Å². The molecule has 0 fully saturated rings. The average Bonchev–Trinajstić information content (AvgIpc) is 3.09. The van der Waals surface area contributed by atoms with Crippen LogP contribution in [0, 0.1) is 0 Å². The molecule has 1 amide bonds. The highest BCUT2D eigenvalue weighted by atomic mass is 16.7. The zero-order valence-electron chi connectivity index (χ0n) is 13.2. The summed E-state index contributed by atoms with van der Waals surface area (Å²) in [6.45, 7) is 3.83. The van der Waals surface area contributed by atoms with E-state index in [0.29, 0.717) is 29.2 Å². The van der Waals surface area contributed by atoms with Crippen LogP contribution in [0.4, 0.5) is 5.69 Å². The van der Waals surface area contributed by atoms with Crippen molar-refractivity contribution in [3.8, 4) is 11.5 Å². The van der Waals surface area contributed by atoms with Crippen LogP contribution in [0.1, 0.15) is 31.9 Å². The Morgan fingerprint density at radius 1 is 1.43 bits per heavy atom. The molecule has 1 aliphatic heterocycles. The fraction of sp³-hybridized carbons (Fsp3) is 0.375. The number of aromatic nitrogens is 2. The van der Waals surface area contributed by atoms with E-state index in [4.69, 9.17) is 9.47 Å². The first-order valence-electron chi connectivity index (χ1n) is 7.40. The standard InChI is InChI=1S/C16H19N3O4/c1-4-16(2)22-12-6-5-11(7-13(12)23-16)18-15(21)14(20)10-8-17-19(3)9-10/h5-9,14,20H,4H2,1-3H3,(H,18,21). The van der Waals surface area contributed by atoms with E-state index in [-0.39, 0.29) is 0 Å². The average molecular weight is 317 g/mol. The van der Waals surface area contributed by atoms with E-state index in [0.717, 1.165) is 0 Å². The van der Waals surface area contributed by atoms with Gasteiger partial charge in [0.25, 0.3) is 5.91 Å². The Morgan fingerprint density at radius 3 is 2.83 bits per heavy atom. The second kappa shape index (κ2) is 5.58. The van der Waals surface area contributed by atoms with Gasteiger partial charge in [-0.1, -0.05) is 6.92 Å². The Balaban J connectivity index is 1.72. The number of rotatable bonds is 4. The molecule has 7 nitrogen and oxygen atoms in total. The number of fused-ring (bicyclic) bond motifs is 1. The number of carbonyl (C=O) groups excluding carboxylic acids is 1. The van der Waals surface area contributed by atoms with Crippen LogP contribution in [-0.2, 0) is 11.8 Å². The van der Waals surface area contributed by atoms with E-state index in [9.17, 15) is 9.90 Å². The molecule has 0 bridgehead atoms. The van der Waals surface area contributed by atoms with Crippen LogP contribution in [0.15, 0.2) is 30.6 Å². The van der Waals surface area contributed by atoms with Gasteiger partial charge in [0.2, 0.25) is 5.79 Å². The molecule has 0 spiro atoms. The molecule has 2 heterocycles. The number of aryl methyl sites for hydroxylation is 1. The lowest BCUT2D eigenvalue weighted by atomic mass is 10.2. The van der Waals surface area contributed by atoms with Gasteiger partial charge in [-0.2, -0.15) is 5.10 Å². The van der Waals surface area contributed by atoms with E-state index < -0.39 is 17.8 Å². The number of ether oxygens (including phenoxy) is 2. The number of nitrogens with zero attached hydrogens (tertiary/aromatic N) is 2. The van der Waals surface area contributed by atoms with Gasteiger partial charge in [-0.3, -0.25) is 9.48 Å². The summed E-state index contributed by atoms with van der Waals surface area (Å²) in [6.07, 6.45) is 2.46. The van der Waals surface area contributed by atoms with E-state index in [1.807, 2.05) is 13.8 Å². The lowest BCUT2D eigenvalue weighted by Gasteiger charge is -2.20. The summed E-state index contributed by atoms with van der Waals surface area (Å²) in [4.78, 5) is 12.1. The number of anilines is 1. The molecular weight excluding hydrogens is 298 g/mol. The van der Waals surface area contributed by atoms with E-state index in [1.165, 1.54) is 10.9 Å². The predicted molar refractivity (Wildman–Crippen MR) is 83.2 cm³/mol. The summed E-state index contributed by atoms with van der Waals surface area (Å²) in [6, 6.07) is 5.13. The highest BCUT2D eigenvalue weighted by molar-refractivity contribution is 5.94. The maximum Gasteiger partial charge on any atom is 0.257 e. The van der Waals surface area contributed by atoms with Crippen LogP contribution < -0.4 is 14.8 Å². The molecule has 0 radical (unpaired) electrons. The summed E-state index contributed by atoms with van der Waals surface area (Å²) in [5.74, 6) is -0.00139. The van der Waals surface area contributed by atoms with E-state index in [1.54, 1.807) is 31.4 Å². The fourth-order valence-corrected chi connectivity index (χ4v) is 2.32. The van der Waals surface area contributed by atoms with Crippen LogP contribution in [0.25, 0.3) is 0 Å². The summed E-state index contributed by atoms with van der Waals surface area (Å²) in [5, 5.41) is 16.7. The maximum absolute atomic E-state index is 12.1. The summed E-state index contributed by atoms with van der Waals surface area (Å²) in [5.41, 5.74) is 0.963. The predicted octanol–water partition coefficient (Wildman–Crippen LogP) is 1.99. The Bertz CT molecular complexity index is 743. The first-order valence-corrected chi connectivity index (χ1v) is 7.40. The first kappa shape index (κ1) is 15.4. The fourth-order valence-electron chi connectivity index (χ4n) is 2.32. The number of aliphatic hydroxyl groups is 1. The third-order valence-electron chi connectivity index (χ3n) is 3.79. The van der Waals surface area contributed by atoms with Crippen LogP contribution in [0.2, 0.25) is 0 Å². The van der Waals surface area contributed by atoms with Crippen molar-refractivity contribution in [3.05, 3.63) is 36.2 Å². The van der Waals surface area contributed by atoms with Crippen molar-refractivity contribution in [2.24, 2.45) is 7.05 Å². The van der Waals surface area contributed by atoms with Crippen molar-refractivity contribution in [1.82, 2.24) is 9.78 Å². The molecule has 23 heavy (non-hydrogen) atoms. The zero-order valence-corrected chi connectivity index (χ0v) is 13.2. The van der Waals surface area contributed by atoms with Crippen molar-refractivity contribution in [3.63, 3.8) is 0 Å². The maximum atomic E-state index is 12.1. The van der Waals surface area contributed by atoms with Crippen molar-refractivity contribution < 1.29 is 19.4 Å². The Morgan fingerprint density at radius 2 is 2.17 bits per heavy atom. The second-order valence-corrected chi connectivity index (χ2v) is 5.69. The number of hydrogen-bond acceptors (Lipinski definition) is 5. The molecule has 1 aromatic carbocycles. The molecule has 2 aromatic rings. The zero-order chi connectivity index (χ0) is 16.6. The van der Waals surface area contributed by atoms with Gasteiger partial charge in [0.15, 0.2) is 17.6 Å². The molecular formula is C16H19N3O4. The molecule has 0 saturated heterocycles. The molecule has 0 saturated carbocycles. The molecule has 3 rings (SSSR count). The highest BCUT2D eigenvalue weighted by Gasteiger charge is 2.35. The van der Waals surface area contributed by atoms with Gasteiger partial charge in [-0.25, -0.2) is 0 Å². The molecule has 2 unspecified atom stereocenters. The monoisotopic (exact) mass is 317 g/mol. The highest BCUT2D eigenvalue weighted by Crippen LogP contribution is 2.42. The number of hydrogen-bond donors (Lipinski definition) is 2. The van der Waals surface area contributed by atoms with Gasteiger partial charge in [0.1, 0.15) is 0 Å². The Kier molecular flexibility index (Phi) is 3.73. The van der Waals surface area contributed by atoms with Gasteiger partial charge in [0.05, 0.1) is 6.20 Å². The van der Waals surface area contributed by atoms with Gasteiger partial charge >= 0.3 is 0 Å². The third kappa shape index (κ3) is 3.00. The molecule has 1 aliphatic rings. The quantitative estimate of drug-likeness (QED) is 0.900. The Labute approximate surface area is 133 Å². The molecule has 2 atom stereocenters. The van der Waals surface area contributed by atoms with Crippen molar-refractivity contribution >= 4 is 11.6 Å². The molecule has 2 N–H and O–H groups in total. The summed E-state index contributed by atoms with van der Waals surface area (Å²) in [7, 11) is 1.72. The molecule has 122 valence electrons. The number of benzene rings is 1. The van der Waals surface area contributed by atoms with Crippen molar-refractivity contribution in [2.45, 2.75) is 32.2 Å². The largest absolute Gasteiger partial charge is 0.449 e. The van der Waals surface area contributed by atoms with Crippen LogP contribution in [-0.4, -0.2) is 26.6 Å². The van der Waals surface area contributed by atoms with Crippen LogP contribution in [0.3, 0.4) is 0 Å². The summed E-state index contributed by atoms with van der Waals surface area (Å²) >= 11 is 0. The van der Waals surface area contributed by atoms with Gasteiger partial charge in [-0.15, -0.1) is 0 Å². The number of amides is 1. The second-order valence-electron chi connectivity index (χ2n) is 5.69. The minimum absolute atomic E-state index is 0.435. The lowest BCUT2D eigenvalue weighted by Crippen LogP contribution is -2.33. The van der Waals surface area contributed by atoms with Gasteiger partial charge < -0.3 is 19.9 Å². The topological polar surface area (TPSA) is 85.6 Å². The smallest absolute Gasteiger partial charge is 0.257 e. The minimum atomic E-state index is -1.28. The number of nitrogens with one attached hydrogen (secondary N) is 1. The minimum Gasteiger partial charge on any atom is -0.449 e. The van der Waals surface area contributed by atoms with Crippen molar-refractivity contribution in [1.29, 1.82) is 0 Å². The van der Waals surface area contributed by atoms with E-state index >= 15 is 0 Å². The lowest BCUT2D eigenvalue weighted by molar-refractivity contribution is -0.124. The normalized spacial score (nSPS) is 20.3. The van der Waals surface area contributed by atoms with Gasteiger partial charge in [0, 0.05) is 43.9 Å². The SMILES string of the molecule is CCC1(C)Oc2ccc(NC(=O)C(O)c3cnn(C)c3)cc2O1. The first-order chi connectivity index (χ1) is 10.9. The van der Waals surface area contributed by atoms with E-state index in [2.05, 4.69) is 10.4 Å². The summed E-state index contributed by atoms with van der Waals surface area (Å²) < 4.78 is 13.0. The van der Waals surface area contributed by atoms with Crippen molar-refractivity contribution in [2.75, 3.05) is 5.32 Å². The molecule has 1 aromatic heterocycles.